The Kier molecular flexibility index (Phi) is 3.05. The third-order valence-electron chi connectivity index (χ3n) is 3.00. The van der Waals surface area contributed by atoms with Crippen molar-refractivity contribution in [2.45, 2.75) is 12.3 Å². The lowest BCUT2D eigenvalue weighted by Gasteiger charge is -2.34. The second-order valence-corrected chi connectivity index (χ2v) is 5.31. The molecule has 0 fully saturated rings. The van der Waals surface area contributed by atoms with Gasteiger partial charge in [-0.2, -0.15) is 5.26 Å². The van der Waals surface area contributed by atoms with Gasteiger partial charge in [0.15, 0.2) is 0 Å². The van der Waals surface area contributed by atoms with E-state index in [4.69, 9.17) is 23.4 Å². The number of thiocarbonyl (C=S) groups is 1. The van der Waals surface area contributed by atoms with Crippen molar-refractivity contribution in [1.29, 1.82) is 10.7 Å². The molecule has 1 aliphatic rings. The number of hydrogen-bond donors (Lipinski definition) is 3. The highest BCUT2D eigenvalue weighted by atomic mass is 32.1. The molecule has 2 rings (SSSR count). The molecule has 4 nitrogen and oxygen atoms in total. The molecule has 1 aromatic heterocycles. The molecule has 0 radical (unpaired) electrons. The van der Waals surface area contributed by atoms with Gasteiger partial charge in [0.25, 0.3) is 0 Å². The van der Waals surface area contributed by atoms with Gasteiger partial charge in [-0.3, -0.25) is 5.41 Å². The van der Waals surface area contributed by atoms with E-state index in [0.717, 1.165) is 4.88 Å². The van der Waals surface area contributed by atoms with Crippen molar-refractivity contribution in [3.63, 3.8) is 0 Å². The zero-order chi connectivity index (χ0) is 13.3. The van der Waals surface area contributed by atoms with E-state index in [-0.39, 0.29) is 5.82 Å². The van der Waals surface area contributed by atoms with Gasteiger partial charge in [-0.15, -0.1) is 11.3 Å². The number of thiophene rings is 1. The molecule has 1 unspecified atom stereocenters. The van der Waals surface area contributed by atoms with Crippen molar-refractivity contribution >= 4 is 34.4 Å². The van der Waals surface area contributed by atoms with Crippen LogP contribution in [0.4, 0.5) is 0 Å². The van der Waals surface area contributed by atoms with Gasteiger partial charge in [-0.05, 0) is 24.2 Å². The zero-order valence-corrected chi connectivity index (χ0v) is 11.2. The Bertz CT molecular complexity index is 630. The van der Waals surface area contributed by atoms with Gasteiger partial charge in [0.05, 0.1) is 22.6 Å². The van der Waals surface area contributed by atoms with Crippen LogP contribution in [0.2, 0.25) is 0 Å². The third-order valence-corrected chi connectivity index (χ3v) is 4.39. The minimum Gasteiger partial charge on any atom is -0.384 e. The van der Waals surface area contributed by atoms with Gasteiger partial charge in [0.1, 0.15) is 10.8 Å². The van der Waals surface area contributed by atoms with Crippen molar-refractivity contribution in [2.24, 2.45) is 5.73 Å². The van der Waals surface area contributed by atoms with Gasteiger partial charge < -0.3 is 11.1 Å². The molecule has 0 aliphatic carbocycles. The maximum atomic E-state index is 9.33. The average molecular weight is 274 g/mol. The van der Waals surface area contributed by atoms with Crippen molar-refractivity contribution in [3.05, 3.63) is 39.4 Å². The molecule has 4 N–H and O–H groups in total. The number of hydrogen-bond acceptors (Lipinski definition) is 5. The first-order valence-electron chi connectivity index (χ1n) is 5.11. The second kappa shape index (κ2) is 4.39. The van der Waals surface area contributed by atoms with Crippen molar-refractivity contribution < 1.29 is 0 Å². The lowest BCUT2D eigenvalue weighted by molar-refractivity contribution is 0.688. The molecule has 0 amide bonds. The molecule has 1 atom stereocenters. The van der Waals surface area contributed by atoms with Crippen LogP contribution < -0.4 is 11.1 Å². The molecule has 0 spiro atoms. The molecule has 1 aromatic rings. The fraction of sp³-hybridized carbons (Fsp3) is 0.167. The van der Waals surface area contributed by atoms with Crippen LogP contribution in [0.1, 0.15) is 11.8 Å². The Balaban J connectivity index is 2.81. The number of nitriles is 1. The summed E-state index contributed by atoms with van der Waals surface area (Å²) in [7, 11) is 0. The van der Waals surface area contributed by atoms with E-state index in [1.54, 1.807) is 0 Å². The van der Waals surface area contributed by atoms with E-state index in [0.29, 0.717) is 16.1 Å². The zero-order valence-electron chi connectivity index (χ0n) is 9.57. The minimum absolute atomic E-state index is 0.248. The van der Waals surface area contributed by atoms with Gasteiger partial charge in [-0.25, -0.2) is 0 Å². The van der Waals surface area contributed by atoms with E-state index in [9.17, 15) is 5.26 Å². The summed E-state index contributed by atoms with van der Waals surface area (Å²) >= 11 is 6.68. The smallest absolute Gasteiger partial charge is 0.118 e. The van der Waals surface area contributed by atoms with E-state index in [1.165, 1.54) is 11.3 Å². The summed E-state index contributed by atoms with van der Waals surface area (Å²) in [6.07, 6.45) is 0. The molecular weight excluding hydrogens is 264 g/mol. The van der Waals surface area contributed by atoms with Gasteiger partial charge in [0, 0.05) is 4.88 Å². The highest BCUT2D eigenvalue weighted by Gasteiger charge is 2.43. The normalized spacial score (nSPS) is 23.3. The first kappa shape index (κ1) is 12.5. The minimum atomic E-state index is -0.795. The van der Waals surface area contributed by atoms with Crippen molar-refractivity contribution in [1.82, 2.24) is 5.32 Å². The molecule has 18 heavy (non-hydrogen) atoms. The summed E-state index contributed by atoms with van der Waals surface area (Å²) in [4.78, 5) is 1.26. The largest absolute Gasteiger partial charge is 0.384 e. The summed E-state index contributed by atoms with van der Waals surface area (Å²) in [5.41, 5.74) is 5.88. The number of nitrogens with one attached hydrogen (secondary N) is 2. The highest BCUT2D eigenvalue weighted by molar-refractivity contribution is 7.80. The Morgan fingerprint density at radius 2 is 2.33 bits per heavy atom. The molecule has 0 bridgehead atoms. The first-order chi connectivity index (χ1) is 8.55. The maximum Gasteiger partial charge on any atom is 0.118 e. The Morgan fingerprint density at radius 1 is 1.61 bits per heavy atom. The van der Waals surface area contributed by atoms with Crippen molar-refractivity contribution in [3.8, 4) is 6.07 Å². The van der Waals surface area contributed by atoms with E-state index in [2.05, 4.69) is 17.3 Å². The number of nitrogens with two attached hydrogens (primary N) is 1. The Labute approximate surface area is 114 Å². The fourth-order valence-corrected chi connectivity index (χ4v) is 3.30. The van der Waals surface area contributed by atoms with Crippen LogP contribution in [0, 0.1) is 16.7 Å². The Morgan fingerprint density at radius 3 is 2.83 bits per heavy atom. The van der Waals surface area contributed by atoms with Crippen LogP contribution >= 0.6 is 23.6 Å². The molecule has 6 heteroatoms. The molecule has 0 saturated heterocycles. The molecule has 0 saturated carbocycles. The van der Waals surface area contributed by atoms with E-state index in [1.807, 2.05) is 24.4 Å². The van der Waals surface area contributed by atoms with Gasteiger partial charge in [-0.1, -0.05) is 18.3 Å². The average Bonchev–Trinajstić information content (AvgIpc) is 2.83. The molecule has 90 valence electrons. The quantitative estimate of drug-likeness (QED) is 0.414. The lowest BCUT2D eigenvalue weighted by atomic mass is 9.73. The van der Waals surface area contributed by atoms with E-state index < -0.39 is 5.41 Å². The summed E-state index contributed by atoms with van der Waals surface area (Å²) in [5.74, 6) is 2.59. The SMILES string of the molecule is CC1(c2cccs2)C(=C=N)C(=S)NC(N)=C1C#N. The predicted octanol–water partition coefficient (Wildman–Crippen LogP) is 1.81. The second-order valence-electron chi connectivity index (χ2n) is 3.96. The van der Waals surface area contributed by atoms with E-state index >= 15 is 0 Å². The molecule has 1 aliphatic heterocycles. The highest BCUT2D eigenvalue weighted by Crippen LogP contribution is 2.42. The summed E-state index contributed by atoms with van der Waals surface area (Å²) in [5, 5.41) is 21.4. The van der Waals surface area contributed by atoms with Gasteiger partial charge in [0.2, 0.25) is 0 Å². The maximum absolute atomic E-state index is 9.33. The fourth-order valence-electron chi connectivity index (χ4n) is 2.03. The standard InChI is InChI=1S/C12H10N4S2/c1-12(9-3-2-4-18-9)7(5-13)10(15)16-11(17)8(12)6-14/h2-4,14H,15H2,1H3,(H,16,17). The van der Waals surface area contributed by atoms with Crippen LogP contribution in [-0.4, -0.2) is 10.9 Å². The Hall–Kier alpha value is -1.93. The van der Waals surface area contributed by atoms with Crippen LogP contribution in [0.5, 0.6) is 0 Å². The monoisotopic (exact) mass is 274 g/mol. The molecule has 2 heterocycles. The first-order valence-corrected chi connectivity index (χ1v) is 6.40. The molecular formula is C12H10N4S2. The summed E-state index contributed by atoms with van der Waals surface area (Å²) < 4.78 is 0. The summed E-state index contributed by atoms with van der Waals surface area (Å²) in [6.45, 7) is 1.84. The number of nitrogens with zero attached hydrogens (tertiary/aromatic N) is 1. The van der Waals surface area contributed by atoms with Crippen LogP contribution in [0.15, 0.2) is 34.5 Å². The van der Waals surface area contributed by atoms with Crippen molar-refractivity contribution in [2.75, 3.05) is 0 Å². The molecule has 0 aromatic carbocycles. The van der Waals surface area contributed by atoms with Crippen LogP contribution in [-0.2, 0) is 5.41 Å². The summed E-state index contributed by atoms with van der Waals surface area (Å²) in [6, 6.07) is 5.91. The van der Waals surface area contributed by atoms with Gasteiger partial charge >= 0.3 is 0 Å². The predicted molar refractivity (Wildman–Crippen MR) is 75.5 cm³/mol. The van der Waals surface area contributed by atoms with Crippen LogP contribution in [0.25, 0.3) is 0 Å². The third kappa shape index (κ3) is 1.57. The topological polar surface area (TPSA) is 85.7 Å². The lowest BCUT2D eigenvalue weighted by Crippen LogP contribution is -2.45. The number of rotatable bonds is 1. The number of allylic oxidation sites excluding steroid dienone is 1. The van der Waals surface area contributed by atoms with Crippen LogP contribution in [0.3, 0.4) is 0 Å².